The van der Waals surface area contributed by atoms with Gasteiger partial charge >= 0.3 is 0 Å². The maximum Gasteiger partial charge on any atom is 0.204 e. The van der Waals surface area contributed by atoms with Gasteiger partial charge in [-0.05, 0) is 0 Å². The molecule has 0 bridgehead atoms. The SMILES string of the molecule is COc1c(F)c(F)c(Cc2c(F)c(F)c(O)c(F)c2F)c(F)c1F.[CH3-].[Y]. The van der Waals surface area contributed by atoms with Crippen LogP contribution in [-0.4, -0.2) is 12.2 Å². The molecule has 0 aliphatic carbocycles. The summed E-state index contributed by atoms with van der Waals surface area (Å²) in [6.07, 6.45) is -1.57. The molecule has 0 spiro atoms. The number of methoxy groups -OCH3 is 1. The van der Waals surface area contributed by atoms with Gasteiger partial charge in [0.1, 0.15) is 0 Å². The molecule has 0 aliphatic heterocycles. The number of ether oxygens (including phenoxy) is 1. The summed E-state index contributed by atoms with van der Waals surface area (Å²) in [4.78, 5) is 0. The largest absolute Gasteiger partial charge is 0.503 e. The fourth-order valence-electron chi connectivity index (χ4n) is 1.99. The molecule has 2 nitrogen and oxygen atoms in total. The average Bonchev–Trinajstić information content (AvgIpc) is 2.56. The Hall–Kier alpha value is -1.42. The van der Waals surface area contributed by atoms with Crippen molar-refractivity contribution in [1.29, 1.82) is 0 Å². The van der Waals surface area contributed by atoms with Gasteiger partial charge in [0.15, 0.2) is 34.8 Å². The van der Waals surface area contributed by atoms with Crippen molar-refractivity contribution in [3.63, 3.8) is 0 Å². The van der Waals surface area contributed by atoms with Gasteiger partial charge in [-0.25, -0.2) is 17.6 Å². The summed E-state index contributed by atoms with van der Waals surface area (Å²) in [6, 6.07) is 0. The van der Waals surface area contributed by atoms with E-state index in [0.29, 0.717) is 7.11 Å². The first-order chi connectivity index (χ1) is 11.1. The van der Waals surface area contributed by atoms with Crippen LogP contribution in [0.3, 0.4) is 0 Å². The molecule has 0 saturated carbocycles. The average molecular weight is 462 g/mol. The molecule has 0 heterocycles. The van der Waals surface area contributed by atoms with E-state index in [4.69, 9.17) is 5.11 Å². The van der Waals surface area contributed by atoms with Gasteiger partial charge in [0.2, 0.25) is 23.3 Å². The molecule has 0 fully saturated rings. The fraction of sp³-hybridized carbons (Fsp3) is 0.133. The quantitative estimate of drug-likeness (QED) is 0.412. The van der Waals surface area contributed by atoms with E-state index in [0.717, 1.165) is 0 Å². The second-order valence-electron chi connectivity index (χ2n) is 4.53. The smallest absolute Gasteiger partial charge is 0.204 e. The van der Waals surface area contributed by atoms with Crippen molar-refractivity contribution in [3.05, 3.63) is 65.1 Å². The van der Waals surface area contributed by atoms with E-state index in [9.17, 15) is 35.1 Å². The van der Waals surface area contributed by atoms with E-state index in [1.807, 2.05) is 0 Å². The maximum absolute atomic E-state index is 13.8. The van der Waals surface area contributed by atoms with Crippen molar-refractivity contribution in [2.24, 2.45) is 0 Å². The van der Waals surface area contributed by atoms with Crippen LogP contribution in [0.1, 0.15) is 11.1 Å². The third-order valence-corrected chi connectivity index (χ3v) is 3.20. The van der Waals surface area contributed by atoms with E-state index < -0.39 is 75.6 Å². The summed E-state index contributed by atoms with van der Waals surface area (Å²) in [5, 5.41) is 8.81. The normalized spacial score (nSPS) is 10.2. The Labute approximate surface area is 167 Å². The number of aromatic hydroxyl groups is 1. The summed E-state index contributed by atoms with van der Waals surface area (Å²) in [6.45, 7) is 0. The van der Waals surface area contributed by atoms with Crippen molar-refractivity contribution in [3.8, 4) is 11.5 Å². The van der Waals surface area contributed by atoms with Gasteiger partial charge in [0, 0.05) is 50.3 Å². The Morgan fingerprint density at radius 1 is 0.654 bits per heavy atom. The van der Waals surface area contributed by atoms with E-state index >= 15 is 0 Å². The van der Waals surface area contributed by atoms with Gasteiger partial charge in [0.25, 0.3) is 0 Å². The van der Waals surface area contributed by atoms with Crippen molar-refractivity contribution in [2.75, 3.05) is 7.11 Å². The number of phenols is 1. The predicted octanol–water partition coefficient (Wildman–Crippen LogP) is 4.55. The molecule has 0 aromatic heterocycles. The molecule has 2 aromatic rings. The van der Waals surface area contributed by atoms with Crippen LogP contribution in [0.4, 0.5) is 35.1 Å². The molecule has 0 atom stereocenters. The van der Waals surface area contributed by atoms with Gasteiger partial charge in [-0.15, -0.1) is 0 Å². The van der Waals surface area contributed by atoms with Gasteiger partial charge in [0.05, 0.1) is 7.11 Å². The molecule has 1 radical (unpaired) electrons. The first-order valence-electron chi connectivity index (χ1n) is 6.05. The third kappa shape index (κ3) is 3.80. The molecule has 0 aliphatic rings. The number of phenolic OH excluding ortho intramolecular Hbond substituents is 1. The van der Waals surface area contributed by atoms with E-state index in [-0.39, 0.29) is 40.1 Å². The minimum absolute atomic E-state index is 0. The summed E-state index contributed by atoms with van der Waals surface area (Å²) < 4.78 is 112. The van der Waals surface area contributed by atoms with Crippen molar-refractivity contribution in [2.45, 2.75) is 6.42 Å². The Kier molecular flexibility index (Phi) is 8.50. The molecule has 0 saturated heterocycles. The van der Waals surface area contributed by atoms with Gasteiger partial charge in [-0.3, -0.25) is 0 Å². The predicted molar refractivity (Wildman–Crippen MR) is 70.0 cm³/mol. The molecular weight excluding hydrogens is 453 g/mol. The Morgan fingerprint density at radius 3 is 1.27 bits per heavy atom. The molecule has 26 heavy (non-hydrogen) atoms. The molecule has 11 heteroatoms. The number of hydrogen-bond acceptors (Lipinski definition) is 2. The fourth-order valence-corrected chi connectivity index (χ4v) is 1.99. The molecule has 0 amide bonds. The Balaban J connectivity index is 0.00000312. The Morgan fingerprint density at radius 2 is 0.962 bits per heavy atom. The second kappa shape index (κ2) is 8.99. The molecule has 0 unspecified atom stereocenters. The maximum atomic E-state index is 13.8. The zero-order valence-corrected chi connectivity index (χ0v) is 16.0. The van der Waals surface area contributed by atoms with Crippen LogP contribution in [0, 0.1) is 54.0 Å². The van der Waals surface area contributed by atoms with Crippen molar-refractivity contribution < 1.29 is 77.7 Å². The topological polar surface area (TPSA) is 29.5 Å². The molecule has 1 N–H and O–H groups in total. The minimum atomic E-state index is -2.22. The van der Waals surface area contributed by atoms with E-state index in [1.54, 1.807) is 0 Å². The zero-order valence-electron chi connectivity index (χ0n) is 13.2. The molecule has 2 rings (SSSR count). The second-order valence-corrected chi connectivity index (χ2v) is 4.53. The first-order valence-corrected chi connectivity index (χ1v) is 6.05. The zero-order chi connectivity index (χ0) is 18.3. The van der Waals surface area contributed by atoms with Gasteiger partial charge in [-0.1, -0.05) is 0 Å². The van der Waals surface area contributed by atoms with Crippen LogP contribution in [0.15, 0.2) is 0 Å². The minimum Gasteiger partial charge on any atom is -0.503 e. The first kappa shape index (κ1) is 24.6. The standard InChI is InChI=1S/C14H6F8O2.CH3.Y/c1-24-14-11(21)7(17)4(8(18)12(14)22)2-3-5(15)9(19)13(23)10(20)6(3)16;;/h23H,2H2,1H3;1H3;/q;-1;. The van der Waals surface area contributed by atoms with Gasteiger partial charge in [-0.2, -0.15) is 17.6 Å². The summed E-state index contributed by atoms with van der Waals surface area (Å²) in [7, 11) is 0.712. The van der Waals surface area contributed by atoms with Crippen LogP contribution < -0.4 is 4.74 Å². The van der Waals surface area contributed by atoms with Crippen molar-refractivity contribution >= 4 is 0 Å². The molecule has 2 aromatic carbocycles. The van der Waals surface area contributed by atoms with Crippen LogP contribution in [0.5, 0.6) is 11.5 Å². The number of hydrogen-bond donors (Lipinski definition) is 1. The van der Waals surface area contributed by atoms with Crippen LogP contribution in [0.25, 0.3) is 0 Å². The van der Waals surface area contributed by atoms with Crippen LogP contribution in [0.2, 0.25) is 0 Å². The Bertz CT molecular complexity index is 783. The van der Waals surface area contributed by atoms with Crippen LogP contribution >= 0.6 is 0 Å². The van der Waals surface area contributed by atoms with E-state index in [1.165, 1.54) is 0 Å². The number of benzene rings is 2. The molecule has 141 valence electrons. The monoisotopic (exact) mass is 462 g/mol. The van der Waals surface area contributed by atoms with Crippen LogP contribution in [-0.2, 0) is 39.1 Å². The van der Waals surface area contributed by atoms with E-state index in [2.05, 4.69) is 4.74 Å². The summed E-state index contributed by atoms with van der Waals surface area (Å²) in [5.41, 5.74) is -3.09. The summed E-state index contributed by atoms with van der Waals surface area (Å²) in [5.74, 6) is -20.3. The third-order valence-electron chi connectivity index (χ3n) is 3.20. The number of rotatable bonds is 3. The molecular formula is C15H9F8O2Y-. The van der Waals surface area contributed by atoms with Gasteiger partial charge < -0.3 is 17.3 Å². The summed E-state index contributed by atoms with van der Waals surface area (Å²) >= 11 is 0. The number of halogens is 8. The van der Waals surface area contributed by atoms with Crippen molar-refractivity contribution in [1.82, 2.24) is 0 Å².